The molecule has 1 aromatic heterocycles. The highest BCUT2D eigenvalue weighted by Crippen LogP contribution is 2.28. The van der Waals surface area contributed by atoms with Gasteiger partial charge in [0.25, 0.3) is 0 Å². The fourth-order valence-corrected chi connectivity index (χ4v) is 2.16. The van der Waals surface area contributed by atoms with Crippen molar-refractivity contribution >= 4 is 22.9 Å². The SMILES string of the molecule is Cc1cnc(-c2ccc(C)c(Cl)c2)s1. The smallest absolute Gasteiger partial charge is 0.123 e. The predicted octanol–water partition coefficient (Wildman–Crippen LogP) is 4.08. The van der Waals surface area contributed by atoms with E-state index in [1.165, 1.54) is 4.88 Å². The van der Waals surface area contributed by atoms with Gasteiger partial charge in [0, 0.05) is 21.7 Å². The first-order valence-electron chi connectivity index (χ1n) is 4.36. The third kappa shape index (κ3) is 1.81. The second kappa shape index (κ2) is 3.71. The number of nitrogens with zero attached hydrogens (tertiary/aromatic N) is 1. The molecule has 0 saturated carbocycles. The van der Waals surface area contributed by atoms with E-state index in [-0.39, 0.29) is 0 Å². The summed E-state index contributed by atoms with van der Waals surface area (Å²) in [5.74, 6) is 0. The van der Waals surface area contributed by atoms with Crippen LogP contribution in [0.15, 0.2) is 24.4 Å². The second-order valence-electron chi connectivity index (χ2n) is 3.24. The van der Waals surface area contributed by atoms with Crippen LogP contribution in [0, 0.1) is 13.8 Å². The number of halogens is 1. The van der Waals surface area contributed by atoms with Gasteiger partial charge in [0.05, 0.1) is 0 Å². The summed E-state index contributed by atoms with van der Waals surface area (Å²) in [6.45, 7) is 4.05. The number of thiazole rings is 1. The van der Waals surface area contributed by atoms with E-state index in [1.807, 2.05) is 25.3 Å². The standard InChI is InChI=1S/C11H10ClNS/c1-7-3-4-9(5-10(7)12)11-13-6-8(2)14-11/h3-6H,1-2H3. The van der Waals surface area contributed by atoms with Crippen LogP contribution in [0.2, 0.25) is 5.02 Å². The number of rotatable bonds is 1. The first-order valence-corrected chi connectivity index (χ1v) is 5.55. The topological polar surface area (TPSA) is 12.9 Å². The molecule has 0 amide bonds. The van der Waals surface area contributed by atoms with Crippen LogP contribution >= 0.6 is 22.9 Å². The van der Waals surface area contributed by atoms with Gasteiger partial charge in [-0.25, -0.2) is 4.98 Å². The fourth-order valence-electron chi connectivity index (χ4n) is 1.21. The lowest BCUT2D eigenvalue weighted by Gasteiger charge is -1.99. The summed E-state index contributed by atoms with van der Waals surface area (Å²) >= 11 is 7.73. The molecular formula is C11H10ClNS. The van der Waals surface area contributed by atoms with Crippen molar-refractivity contribution in [3.63, 3.8) is 0 Å². The van der Waals surface area contributed by atoms with Crippen LogP contribution in [0.5, 0.6) is 0 Å². The average Bonchev–Trinajstić information content (AvgIpc) is 2.57. The van der Waals surface area contributed by atoms with Crippen LogP contribution in [-0.4, -0.2) is 4.98 Å². The number of benzene rings is 1. The van der Waals surface area contributed by atoms with Crippen molar-refractivity contribution < 1.29 is 0 Å². The molecule has 0 aliphatic heterocycles. The predicted molar refractivity (Wildman–Crippen MR) is 62.0 cm³/mol. The van der Waals surface area contributed by atoms with Gasteiger partial charge in [-0.3, -0.25) is 0 Å². The van der Waals surface area contributed by atoms with Gasteiger partial charge in [0.1, 0.15) is 5.01 Å². The maximum atomic E-state index is 6.05. The van der Waals surface area contributed by atoms with E-state index in [0.29, 0.717) is 0 Å². The van der Waals surface area contributed by atoms with Gasteiger partial charge in [-0.05, 0) is 25.5 Å². The summed E-state index contributed by atoms with van der Waals surface area (Å²) in [5, 5.41) is 1.83. The lowest BCUT2D eigenvalue weighted by atomic mass is 10.1. The Kier molecular flexibility index (Phi) is 2.57. The molecule has 0 spiro atoms. The highest BCUT2D eigenvalue weighted by atomic mass is 35.5. The molecule has 72 valence electrons. The molecule has 1 aromatic carbocycles. The van der Waals surface area contributed by atoms with Gasteiger partial charge in [-0.1, -0.05) is 23.7 Å². The van der Waals surface area contributed by atoms with E-state index in [2.05, 4.69) is 18.0 Å². The molecule has 0 unspecified atom stereocenters. The van der Waals surface area contributed by atoms with Crippen molar-refractivity contribution in [1.82, 2.24) is 4.98 Å². The largest absolute Gasteiger partial charge is 0.244 e. The van der Waals surface area contributed by atoms with Gasteiger partial charge in [0.15, 0.2) is 0 Å². The number of hydrogen-bond acceptors (Lipinski definition) is 2. The molecule has 0 atom stereocenters. The van der Waals surface area contributed by atoms with E-state index in [9.17, 15) is 0 Å². The lowest BCUT2D eigenvalue weighted by Crippen LogP contribution is -1.78. The zero-order chi connectivity index (χ0) is 10.1. The Morgan fingerprint density at radius 3 is 2.64 bits per heavy atom. The van der Waals surface area contributed by atoms with Crippen LogP contribution in [0.3, 0.4) is 0 Å². The number of aryl methyl sites for hydroxylation is 2. The molecule has 2 aromatic rings. The Morgan fingerprint density at radius 1 is 1.29 bits per heavy atom. The molecule has 14 heavy (non-hydrogen) atoms. The van der Waals surface area contributed by atoms with Crippen molar-refractivity contribution in [2.75, 3.05) is 0 Å². The van der Waals surface area contributed by atoms with E-state index in [1.54, 1.807) is 11.3 Å². The molecule has 0 saturated heterocycles. The fraction of sp³-hybridized carbons (Fsp3) is 0.182. The van der Waals surface area contributed by atoms with Gasteiger partial charge >= 0.3 is 0 Å². The number of aromatic nitrogens is 1. The Balaban J connectivity index is 2.47. The minimum absolute atomic E-state index is 0.801. The van der Waals surface area contributed by atoms with Crippen LogP contribution in [0.4, 0.5) is 0 Å². The average molecular weight is 224 g/mol. The van der Waals surface area contributed by atoms with E-state index in [4.69, 9.17) is 11.6 Å². The van der Waals surface area contributed by atoms with Crippen molar-refractivity contribution in [3.05, 3.63) is 39.9 Å². The Morgan fingerprint density at radius 2 is 2.07 bits per heavy atom. The first kappa shape index (κ1) is 9.69. The summed E-state index contributed by atoms with van der Waals surface area (Å²) in [7, 11) is 0. The van der Waals surface area contributed by atoms with Crippen molar-refractivity contribution in [2.24, 2.45) is 0 Å². The Labute approximate surface area is 92.4 Å². The van der Waals surface area contributed by atoms with Crippen molar-refractivity contribution in [3.8, 4) is 10.6 Å². The van der Waals surface area contributed by atoms with Crippen molar-refractivity contribution in [1.29, 1.82) is 0 Å². The Hall–Kier alpha value is -0.860. The van der Waals surface area contributed by atoms with Gasteiger partial charge in [-0.15, -0.1) is 11.3 Å². The quantitative estimate of drug-likeness (QED) is 0.710. The molecule has 0 N–H and O–H groups in total. The summed E-state index contributed by atoms with van der Waals surface area (Å²) in [5.41, 5.74) is 2.20. The normalized spacial score (nSPS) is 10.5. The zero-order valence-corrected chi connectivity index (χ0v) is 9.62. The molecule has 2 rings (SSSR count). The molecule has 0 fully saturated rings. The van der Waals surface area contributed by atoms with Crippen LogP contribution in [0.1, 0.15) is 10.4 Å². The summed E-state index contributed by atoms with van der Waals surface area (Å²) in [4.78, 5) is 5.54. The number of hydrogen-bond donors (Lipinski definition) is 0. The molecule has 1 heterocycles. The van der Waals surface area contributed by atoms with Crippen LogP contribution in [0.25, 0.3) is 10.6 Å². The monoisotopic (exact) mass is 223 g/mol. The van der Waals surface area contributed by atoms with Crippen molar-refractivity contribution in [2.45, 2.75) is 13.8 Å². The molecular weight excluding hydrogens is 214 g/mol. The lowest BCUT2D eigenvalue weighted by molar-refractivity contribution is 1.37. The third-order valence-electron chi connectivity index (χ3n) is 2.04. The summed E-state index contributed by atoms with van der Waals surface area (Å²) < 4.78 is 0. The van der Waals surface area contributed by atoms with Crippen LogP contribution < -0.4 is 0 Å². The van der Waals surface area contributed by atoms with Crippen LogP contribution in [-0.2, 0) is 0 Å². The van der Waals surface area contributed by atoms with E-state index in [0.717, 1.165) is 21.2 Å². The Bertz CT molecular complexity index is 462. The molecule has 0 aliphatic carbocycles. The summed E-state index contributed by atoms with van der Waals surface area (Å²) in [6, 6.07) is 6.04. The van der Waals surface area contributed by atoms with Gasteiger partial charge in [0.2, 0.25) is 0 Å². The molecule has 3 heteroatoms. The molecule has 0 aliphatic rings. The second-order valence-corrected chi connectivity index (χ2v) is 4.88. The minimum atomic E-state index is 0.801. The van der Waals surface area contributed by atoms with E-state index < -0.39 is 0 Å². The molecule has 0 radical (unpaired) electrons. The highest BCUT2D eigenvalue weighted by molar-refractivity contribution is 7.14. The summed E-state index contributed by atoms with van der Waals surface area (Å²) in [6.07, 6.45) is 1.88. The highest BCUT2D eigenvalue weighted by Gasteiger charge is 2.04. The molecule has 0 bridgehead atoms. The van der Waals surface area contributed by atoms with Gasteiger partial charge < -0.3 is 0 Å². The third-order valence-corrected chi connectivity index (χ3v) is 3.41. The minimum Gasteiger partial charge on any atom is -0.244 e. The molecule has 1 nitrogen and oxygen atoms in total. The van der Waals surface area contributed by atoms with E-state index >= 15 is 0 Å². The maximum absolute atomic E-state index is 6.05. The maximum Gasteiger partial charge on any atom is 0.123 e. The zero-order valence-electron chi connectivity index (χ0n) is 8.04. The first-order chi connectivity index (χ1) is 6.66. The van der Waals surface area contributed by atoms with Gasteiger partial charge in [-0.2, -0.15) is 0 Å².